The van der Waals surface area contributed by atoms with Crippen molar-refractivity contribution in [3.05, 3.63) is 0 Å². The van der Waals surface area contributed by atoms with Gasteiger partial charge in [-0.2, -0.15) is 0 Å². The van der Waals surface area contributed by atoms with Gasteiger partial charge in [0.15, 0.2) is 5.78 Å². The molecule has 3 atom stereocenters. The van der Waals surface area contributed by atoms with Gasteiger partial charge in [-0.25, -0.2) is 0 Å². The van der Waals surface area contributed by atoms with Gasteiger partial charge in [-0.1, -0.05) is 33.1 Å². The number of hydrogen-bond donors (Lipinski definition) is 0. The molecule has 2 rings (SSSR count). The van der Waals surface area contributed by atoms with Crippen molar-refractivity contribution in [2.45, 2.75) is 71.9 Å². The predicted molar refractivity (Wildman–Crippen MR) is 75.5 cm³/mol. The molecule has 0 aromatic heterocycles. The number of rotatable bonds is 3. The van der Waals surface area contributed by atoms with Crippen LogP contribution in [0.25, 0.3) is 0 Å². The van der Waals surface area contributed by atoms with Gasteiger partial charge < -0.3 is 0 Å². The average Bonchev–Trinajstić information content (AvgIpc) is 2.36. The maximum Gasteiger partial charge on any atom is 0.152 e. The monoisotopic (exact) mass is 251 g/mol. The first-order chi connectivity index (χ1) is 8.50. The Morgan fingerprint density at radius 3 is 2.22 bits per heavy atom. The molecule has 2 heteroatoms. The standard InChI is InChI=1S/C16H29NO/c1-11(2)16(18)15-9-13-7-5-6-8-14(13)10-17(15)12(3)4/h11-15H,5-10H2,1-4H3. The summed E-state index contributed by atoms with van der Waals surface area (Å²) in [6, 6.07) is 0.699. The van der Waals surface area contributed by atoms with Crippen molar-refractivity contribution in [3.8, 4) is 0 Å². The fourth-order valence-electron chi connectivity index (χ4n) is 3.89. The molecule has 104 valence electrons. The molecule has 1 heterocycles. The molecule has 1 saturated heterocycles. The summed E-state index contributed by atoms with van der Waals surface area (Å²) in [7, 11) is 0. The van der Waals surface area contributed by atoms with E-state index in [1.54, 1.807) is 0 Å². The lowest BCUT2D eigenvalue weighted by molar-refractivity contribution is -0.132. The quantitative estimate of drug-likeness (QED) is 0.765. The zero-order valence-corrected chi connectivity index (χ0v) is 12.5. The number of carbonyl (C=O) groups is 1. The minimum atomic E-state index is 0.177. The largest absolute Gasteiger partial charge is 0.298 e. The van der Waals surface area contributed by atoms with Crippen LogP contribution in [0.4, 0.5) is 0 Å². The number of carbonyl (C=O) groups excluding carboxylic acids is 1. The molecule has 0 aromatic carbocycles. The zero-order valence-electron chi connectivity index (χ0n) is 12.5. The molecule has 1 aliphatic heterocycles. The molecule has 0 bridgehead atoms. The van der Waals surface area contributed by atoms with Crippen LogP contribution in [0.1, 0.15) is 59.8 Å². The third-order valence-corrected chi connectivity index (χ3v) is 5.00. The fourth-order valence-corrected chi connectivity index (χ4v) is 3.89. The highest BCUT2D eigenvalue weighted by Crippen LogP contribution is 2.39. The number of hydrogen-bond acceptors (Lipinski definition) is 2. The Balaban J connectivity index is 2.12. The molecular formula is C16H29NO. The van der Waals surface area contributed by atoms with Crippen LogP contribution in [0.2, 0.25) is 0 Å². The van der Waals surface area contributed by atoms with Crippen LogP contribution in [0, 0.1) is 17.8 Å². The van der Waals surface area contributed by atoms with Gasteiger partial charge >= 0.3 is 0 Å². The number of likely N-dealkylation sites (tertiary alicyclic amines) is 1. The zero-order chi connectivity index (χ0) is 13.3. The van der Waals surface area contributed by atoms with Gasteiger partial charge in [0.1, 0.15) is 0 Å². The predicted octanol–water partition coefficient (Wildman–Crippen LogP) is 3.50. The van der Waals surface area contributed by atoms with Crippen molar-refractivity contribution in [1.82, 2.24) is 4.90 Å². The second-order valence-corrected chi connectivity index (χ2v) is 6.90. The summed E-state index contributed by atoms with van der Waals surface area (Å²) < 4.78 is 0. The molecule has 0 radical (unpaired) electrons. The SMILES string of the molecule is CC(C)C(=O)C1CC2CCCCC2CN1C(C)C. The van der Waals surface area contributed by atoms with Crippen molar-refractivity contribution in [2.75, 3.05) is 6.54 Å². The van der Waals surface area contributed by atoms with E-state index in [2.05, 4.69) is 18.7 Å². The highest BCUT2D eigenvalue weighted by molar-refractivity contribution is 5.85. The van der Waals surface area contributed by atoms with E-state index in [1.165, 1.54) is 25.7 Å². The van der Waals surface area contributed by atoms with Crippen molar-refractivity contribution >= 4 is 5.78 Å². The van der Waals surface area contributed by atoms with E-state index in [9.17, 15) is 4.79 Å². The van der Waals surface area contributed by atoms with Gasteiger partial charge in [-0.3, -0.25) is 9.69 Å². The number of ketones is 1. The second kappa shape index (κ2) is 5.73. The average molecular weight is 251 g/mol. The smallest absolute Gasteiger partial charge is 0.152 e. The highest BCUT2D eigenvalue weighted by atomic mass is 16.1. The number of Topliss-reactive ketones (excluding diaryl/α,β-unsaturated/α-hetero) is 1. The minimum absolute atomic E-state index is 0.177. The minimum Gasteiger partial charge on any atom is -0.298 e. The van der Waals surface area contributed by atoms with Gasteiger partial charge in [-0.05, 0) is 38.5 Å². The van der Waals surface area contributed by atoms with E-state index in [0.717, 1.165) is 24.8 Å². The summed E-state index contributed by atoms with van der Waals surface area (Å²) in [5.41, 5.74) is 0. The third kappa shape index (κ3) is 2.79. The molecule has 3 unspecified atom stereocenters. The molecule has 0 amide bonds. The van der Waals surface area contributed by atoms with Crippen molar-refractivity contribution in [3.63, 3.8) is 0 Å². The summed E-state index contributed by atoms with van der Waals surface area (Å²) in [5, 5.41) is 0. The Morgan fingerprint density at radius 1 is 1.06 bits per heavy atom. The summed E-state index contributed by atoms with van der Waals surface area (Å²) in [6.07, 6.45) is 6.65. The first-order valence-corrected chi connectivity index (χ1v) is 7.80. The lowest BCUT2D eigenvalue weighted by Gasteiger charge is -2.47. The van der Waals surface area contributed by atoms with Gasteiger partial charge in [-0.15, -0.1) is 0 Å². The van der Waals surface area contributed by atoms with Gasteiger partial charge in [0.25, 0.3) is 0 Å². The molecule has 2 nitrogen and oxygen atoms in total. The van der Waals surface area contributed by atoms with Crippen LogP contribution in [-0.2, 0) is 4.79 Å². The molecule has 0 spiro atoms. The summed E-state index contributed by atoms with van der Waals surface area (Å²) in [5.74, 6) is 2.32. The van der Waals surface area contributed by atoms with Crippen LogP contribution in [0.5, 0.6) is 0 Å². The number of nitrogens with zero attached hydrogens (tertiary/aromatic N) is 1. The molecule has 1 saturated carbocycles. The summed E-state index contributed by atoms with van der Waals surface area (Å²) in [4.78, 5) is 14.9. The fraction of sp³-hybridized carbons (Fsp3) is 0.938. The van der Waals surface area contributed by atoms with E-state index in [-0.39, 0.29) is 12.0 Å². The van der Waals surface area contributed by atoms with Gasteiger partial charge in [0.2, 0.25) is 0 Å². The lowest BCUT2D eigenvalue weighted by Crippen LogP contribution is -2.55. The van der Waals surface area contributed by atoms with Crippen LogP contribution in [0.3, 0.4) is 0 Å². The van der Waals surface area contributed by atoms with Crippen molar-refractivity contribution < 1.29 is 4.79 Å². The Kier molecular flexibility index (Phi) is 4.47. The molecular weight excluding hydrogens is 222 g/mol. The lowest BCUT2D eigenvalue weighted by atomic mass is 9.71. The Bertz CT molecular complexity index is 297. The van der Waals surface area contributed by atoms with Crippen LogP contribution >= 0.6 is 0 Å². The van der Waals surface area contributed by atoms with Gasteiger partial charge in [0, 0.05) is 18.5 Å². The molecule has 0 aromatic rings. The second-order valence-electron chi connectivity index (χ2n) is 6.90. The normalized spacial score (nSPS) is 33.8. The molecule has 2 aliphatic rings. The topological polar surface area (TPSA) is 20.3 Å². The van der Waals surface area contributed by atoms with Crippen LogP contribution in [-0.4, -0.2) is 29.3 Å². The number of fused-ring (bicyclic) bond motifs is 1. The van der Waals surface area contributed by atoms with Crippen molar-refractivity contribution in [2.24, 2.45) is 17.8 Å². The number of piperidine rings is 1. The van der Waals surface area contributed by atoms with Crippen LogP contribution in [0.15, 0.2) is 0 Å². The van der Waals surface area contributed by atoms with E-state index in [1.807, 2.05) is 13.8 Å². The van der Waals surface area contributed by atoms with E-state index in [4.69, 9.17) is 0 Å². The first-order valence-electron chi connectivity index (χ1n) is 7.80. The maximum atomic E-state index is 12.4. The van der Waals surface area contributed by atoms with E-state index in [0.29, 0.717) is 11.8 Å². The van der Waals surface area contributed by atoms with E-state index < -0.39 is 0 Å². The highest BCUT2D eigenvalue weighted by Gasteiger charge is 2.40. The summed E-state index contributed by atoms with van der Waals surface area (Å²) in [6.45, 7) is 9.74. The molecule has 2 fully saturated rings. The third-order valence-electron chi connectivity index (χ3n) is 5.00. The van der Waals surface area contributed by atoms with Gasteiger partial charge in [0.05, 0.1) is 6.04 Å². The Hall–Kier alpha value is -0.370. The first kappa shape index (κ1) is 14.0. The van der Waals surface area contributed by atoms with Crippen LogP contribution < -0.4 is 0 Å². The maximum absolute atomic E-state index is 12.4. The van der Waals surface area contributed by atoms with E-state index >= 15 is 0 Å². The van der Waals surface area contributed by atoms with Crippen molar-refractivity contribution in [1.29, 1.82) is 0 Å². The Morgan fingerprint density at radius 2 is 1.67 bits per heavy atom. The molecule has 0 N–H and O–H groups in total. The Labute approximate surface area is 112 Å². The summed E-state index contributed by atoms with van der Waals surface area (Å²) >= 11 is 0. The molecule has 1 aliphatic carbocycles. The molecule has 18 heavy (non-hydrogen) atoms.